The Labute approximate surface area is 433 Å². The standard InChI is InChI=1S/C61H115NO8/c1-6-8-10-12-14-16-18-20-22-24-26-27-28-29-30-31-32-33-34-36-38-40-42-44-46-48-50-52-59(64)70-57(56-69-61(60(65)66)67-54-53-62(3,4)5)55-68-58(63)51-49-47-45-43-41-39-37-35-25-23-21-19-17-15-13-11-9-7-2/h18,20,24,26,57,61H,6-17,19,21-23,25,27-56H2,1-5H3/b20-18-,26-24-. The van der Waals surface area contributed by atoms with E-state index in [0.29, 0.717) is 17.4 Å². The Balaban J connectivity index is 4.17. The van der Waals surface area contributed by atoms with Crippen LogP contribution in [0.2, 0.25) is 0 Å². The highest BCUT2D eigenvalue weighted by atomic mass is 16.7. The number of esters is 2. The van der Waals surface area contributed by atoms with E-state index in [9.17, 15) is 19.5 Å². The second-order valence-corrected chi connectivity index (χ2v) is 21.6. The zero-order valence-corrected chi connectivity index (χ0v) is 46.9. The van der Waals surface area contributed by atoms with E-state index in [0.717, 1.165) is 44.9 Å². The van der Waals surface area contributed by atoms with Crippen molar-refractivity contribution in [3.8, 4) is 0 Å². The van der Waals surface area contributed by atoms with Crippen molar-refractivity contribution < 1.29 is 42.9 Å². The Hall–Kier alpha value is -2.23. The molecule has 2 unspecified atom stereocenters. The monoisotopic (exact) mass is 990 g/mol. The number of carbonyl (C=O) groups is 3. The fourth-order valence-corrected chi connectivity index (χ4v) is 8.80. The predicted molar refractivity (Wildman–Crippen MR) is 293 cm³/mol. The van der Waals surface area contributed by atoms with Crippen LogP contribution in [-0.2, 0) is 33.3 Å². The molecule has 0 aromatic rings. The number of ether oxygens (including phenoxy) is 4. The largest absolute Gasteiger partial charge is 0.545 e. The highest BCUT2D eigenvalue weighted by Gasteiger charge is 2.22. The van der Waals surface area contributed by atoms with E-state index in [1.165, 1.54) is 218 Å². The molecule has 0 aliphatic rings. The fraction of sp³-hybridized carbons (Fsp3) is 0.885. The van der Waals surface area contributed by atoms with E-state index in [2.05, 4.69) is 38.2 Å². The van der Waals surface area contributed by atoms with Crippen molar-refractivity contribution >= 4 is 17.9 Å². The number of likely N-dealkylation sites (N-methyl/N-ethyl adjacent to an activating group) is 1. The summed E-state index contributed by atoms with van der Waals surface area (Å²) < 4.78 is 22.7. The van der Waals surface area contributed by atoms with Crippen LogP contribution in [0.15, 0.2) is 24.3 Å². The van der Waals surface area contributed by atoms with E-state index in [4.69, 9.17) is 18.9 Å². The second kappa shape index (κ2) is 53.1. The first-order chi connectivity index (χ1) is 34.1. The molecule has 0 aliphatic carbocycles. The van der Waals surface area contributed by atoms with Crippen LogP contribution in [0.5, 0.6) is 0 Å². The maximum Gasteiger partial charge on any atom is 0.306 e. The molecule has 2 atom stereocenters. The minimum Gasteiger partial charge on any atom is -0.545 e. The molecule has 70 heavy (non-hydrogen) atoms. The minimum absolute atomic E-state index is 0.151. The topological polar surface area (TPSA) is 111 Å². The summed E-state index contributed by atoms with van der Waals surface area (Å²) in [5.41, 5.74) is 0. The third-order valence-corrected chi connectivity index (χ3v) is 13.5. The number of rotatable bonds is 56. The molecule has 0 heterocycles. The van der Waals surface area contributed by atoms with Gasteiger partial charge in [-0.3, -0.25) is 9.59 Å². The summed E-state index contributed by atoms with van der Waals surface area (Å²) in [6.45, 7) is 4.79. The zero-order valence-electron chi connectivity index (χ0n) is 46.9. The van der Waals surface area contributed by atoms with Crippen LogP contribution >= 0.6 is 0 Å². The number of carboxylic acid groups (broad SMARTS) is 1. The van der Waals surface area contributed by atoms with Crippen molar-refractivity contribution in [2.24, 2.45) is 0 Å². The summed E-state index contributed by atoms with van der Waals surface area (Å²) in [6, 6.07) is 0. The zero-order chi connectivity index (χ0) is 51.3. The van der Waals surface area contributed by atoms with Crippen LogP contribution in [0.4, 0.5) is 0 Å². The van der Waals surface area contributed by atoms with Crippen molar-refractivity contribution in [3.05, 3.63) is 24.3 Å². The van der Waals surface area contributed by atoms with Gasteiger partial charge < -0.3 is 33.3 Å². The van der Waals surface area contributed by atoms with Crippen molar-refractivity contribution in [3.63, 3.8) is 0 Å². The number of quaternary nitrogens is 1. The number of allylic oxidation sites excluding steroid dienone is 4. The fourth-order valence-electron chi connectivity index (χ4n) is 8.80. The van der Waals surface area contributed by atoms with Crippen LogP contribution < -0.4 is 5.11 Å². The van der Waals surface area contributed by atoms with Gasteiger partial charge in [0.1, 0.15) is 13.2 Å². The van der Waals surface area contributed by atoms with E-state index in [1.54, 1.807) is 0 Å². The Morgan fingerprint density at radius 1 is 0.429 bits per heavy atom. The number of hydrogen-bond donors (Lipinski definition) is 0. The van der Waals surface area contributed by atoms with Crippen molar-refractivity contribution in [2.45, 2.75) is 302 Å². The molecule has 0 aliphatic heterocycles. The Morgan fingerprint density at radius 2 is 0.771 bits per heavy atom. The van der Waals surface area contributed by atoms with Gasteiger partial charge in [0.2, 0.25) is 0 Å². The quantitative estimate of drug-likeness (QED) is 0.0195. The van der Waals surface area contributed by atoms with Crippen molar-refractivity contribution in [2.75, 3.05) is 47.5 Å². The SMILES string of the molecule is CCCCCCC/C=C\C/C=C\CCCCCCCCCCCCCCCCCC(=O)OC(COC(=O)CCCCCCCCCCCCCCCCCCCC)COC(OCC[N+](C)(C)C)C(=O)[O-]. The van der Waals surface area contributed by atoms with Crippen molar-refractivity contribution in [1.82, 2.24) is 0 Å². The molecular weight excluding hydrogens is 875 g/mol. The maximum absolute atomic E-state index is 12.9. The predicted octanol–water partition coefficient (Wildman–Crippen LogP) is 16.2. The minimum atomic E-state index is -1.62. The molecule has 9 heteroatoms. The summed E-state index contributed by atoms with van der Waals surface area (Å²) in [6.07, 6.45) is 59.4. The number of hydrogen-bond acceptors (Lipinski definition) is 8. The molecule has 0 radical (unpaired) electrons. The summed E-state index contributed by atoms with van der Waals surface area (Å²) >= 11 is 0. The number of nitrogens with zero attached hydrogens (tertiary/aromatic N) is 1. The first-order valence-electron chi connectivity index (χ1n) is 30.0. The van der Waals surface area contributed by atoms with Gasteiger partial charge in [-0.15, -0.1) is 0 Å². The molecule has 0 aromatic heterocycles. The average Bonchev–Trinajstić information content (AvgIpc) is 3.33. The molecule has 0 saturated carbocycles. The second-order valence-electron chi connectivity index (χ2n) is 21.6. The lowest BCUT2D eigenvalue weighted by atomic mass is 10.0. The molecule has 9 nitrogen and oxygen atoms in total. The Kier molecular flexibility index (Phi) is 51.4. The van der Waals surface area contributed by atoms with Gasteiger partial charge in [-0.25, -0.2) is 0 Å². The first-order valence-corrected chi connectivity index (χ1v) is 30.0. The molecule has 0 saturated heterocycles. The molecule has 0 aromatic carbocycles. The van der Waals surface area contributed by atoms with Gasteiger partial charge in [0.25, 0.3) is 0 Å². The maximum atomic E-state index is 12.9. The summed E-state index contributed by atoms with van der Waals surface area (Å²) in [4.78, 5) is 37.3. The lowest BCUT2D eigenvalue weighted by molar-refractivity contribution is -0.870. The van der Waals surface area contributed by atoms with Gasteiger partial charge in [-0.2, -0.15) is 0 Å². The normalized spacial score (nSPS) is 12.9. The van der Waals surface area contributed by atoms with E-state index < -0.39 is 24.3 Å². The van der Waals surface area contributed by atoms with Crippen LogP contribution in [0, 0.1) is 0 Å². The van der Waals surface area contributed by atoms with Gasteiger partial charge in [0.15, 0.2) is 12.4 Å². The van der Waals surface area contributed by atoms with Crippen LogP contribution in [0.3, 0.4) is 0 Å². The molecule has 0 amide bonds. The summed E-state index contributed by atoms with van der Waals surface area (Å²) in [5.74, 6) is -2.26. The average molecular weight is 991 g/mol. The highest BCUT2D eigenvalue weighted by Crippen LogP contribution is 2.17. The summed E-state index contributed by atoms with van der Waals surface area (Å²) in [5, 5.41) is 11.8. The molecule has 0 bridgehead atoms. The molecule has 412 valence electrons. The third-order valence-electron chi connectivity index (χ3n) is 13.5. The molecule has 0 N–H and O–H groups in total. The van der Waals surface area contributed by atoms with Gasteiger partial charge in [-0.1, -0.05) is 256 Å². The van der Waals surface area contributed by atoms with Gasteiger partial charge in [0, 0.05) is 12.8 Å². The Morgan fingerprint density at radius 3 is 1.13 bits per heavy atom. The molecule has 0 rings (SSSR count). The van der Waals surface area contributed by atoms with Crippen LogP contribution in [0.1, 0.15) is 290 Å². The van der Waals surface area contributed by atoms with E-state index in [-0.39, 0.29) is 32.2 Å². The lowest BCUT2D eigenvalue weighted by Crippen LogP contribution is -2.44. The third kappa shape index (κ3) is 53.6. The first kappa shape index (κ1) is 67.8. The Bertz CT molecular complexity index is 1200. The number of carbonyl (C=O) groups excluding carboxylic acids is 3. The number of unbranched alkanes of at least 4 members (excludes halogenated alkanes) is 37. The van der Waals surface area contributed by atoms with Gasteiger partial charge in [0.05, 0.1) is 40.3 Å². The van der Waals surface area contributed by atoms with Gasteiger partial charge >= 0.3 is 11.9 Å². The number of carboxylic acids is 1. The number of aliphatic carboxylic acids is 1. The van der Waals surface area contributed by atoms with Gasteiger partial charge in [-0.05, 0) is 44.9 Å². The smallest absolute Gasteiger partial charge is 0.306 e. The molecule has 0 fully saturated rings. The molecular formula is C61H115NO8. The van der Waals surface area contributed by atoms with E-state index >= 15 is 0 Å². The highest BCUT2D eigenvalue weighted by molar-refractivity contribution is 5.70. The van der Waals surface area contributed by atoms with E-state index in [1.807, 2.05) is 21.1 Å². The lowest BCUT2D eigenvalue weighted by Gasteiger charge is -2.26. The van der Waals surface area contributed by atoms with Crippen LogP contribution in [-0.4, -0.2) is 82.3 Å². The molecule has 0 spiro atoms. The van der Waals surface area contributed by atoms with Crippen molar-refractivity contribution in [1.29, 1.82) is 0 Å². The summed E-state index contributed by atoms with van der Waals surface area (Å²) in [7, 11) is 5.93. The van der Waals surface area contributed by atoms with Crippen LogP contribution in [0.25, 0.3) is 0 Å².